The summed E-state index contributed by atoms with van der Waals surface area (Å²) in [4.78, 5) is 0. The highest BCUT2D eigenvalue weighted by Gasteiger charge is 2.21. The van der Waals surface area contributed by atoms with Crippen molar-refractivity contribution in [3.05, 3.63) is 143 Å². The molecule has 4 aromatic rings. The van der Waals surface area contributed by atoms with Gasteiger partial charge in [-0.3, -0.25) is 0 Å². The maximum atomic E-state index is 6.64. The second kappa shape index (κ2) is 14.1. The number of hydrogen-bond acceptors (Lipinski definition) is 3. The monoisotopic (exact) mass is 490 g/mol. The lowest BCUT2D eigenvalue weighted by Crippen LogP contribution is -2.18. The van der Waals surface area contributed by atoms with E-state index in [9.17, 15) is 0 Å². The average Bonchev–Trinajstić information content (AvgIpc) is 2.96. The summed E-state index contributed by atoms with van der Waals surface area (Å²) in [6.07, 6.45) is 8.01. The Bertz CT molecular complexity index is 1180. The molecule has 4 rings (SSSR count). The predicted molar refractivity (Wildman–Crippen MR) is 154 cm³/mol. The van der Waals surface area contributed by atoms with Crippen LogP contribution in [0.1, 0.15) is 45.6 Å². The van der Waals surface area contributed by atoms with Crippen LogP contribution in [0.4, 0.5) is 0 Å². The first-order valence-corrected chi connectivity index (χ1v) is 12.5. The first kappa shape index (κ1) is 26.3. The molecule has 0 fully saturated rings. The summed E-state index contributed by atoms with van der Waals surface area (Å²) in [6, 6.07) is 37.4. The van der Waals surface area contributed by atoms with Crippen molar-refractivity contribution in [1.29, 1.82) is 0 Å². The maximum Gasteiger partial charge on any atom is 0.107 e. The van der Waals surface area contributed by atoms with E-state index < -0.39 is 0 Å². The molecule has 0 aliphatic rings. The molecule has 0 radical (unpaired) electrons. The number of rotatable bonds is 12. The molecule has 0 aliphatic carbocycles. The van der Waals surface area contributed by atoms with Gasteiger partial charge in [-0.15, -0.1) is 0 Å². The first-order valence-electron chi connectivity index (χ1n) is 12.5. The first-order chi connectivity index (χ1) is 18.2. The van der Waals surface area contributed by atoms with Gasteiger partial charge in [0, 0.05) is 14.2 Å². The topological polar surface area (TPSA) is 27.7 Å². The highest BCUT2D eigenvalue weighted by Crippen LogP contribution is 2.29. The van der Waals surface area contributed by atoms with Gasteiger partial charge in [0.1, 0.15) is 12.2 Å². The van der Waals surface area contributed by atoms with Gasteiger partial charge in [-0.1, -0.05) is 121 Å². The van der Waals surface area contributed by atoms with Crippen LogP contribution in [0.15, 0.2) is 109 Å². The zero-order valence-corrected chi connectivity index (χ0v) is 21.5. The molecule has 37 heavy (non-hydrogen) atoms. The zero-order chi connectivity index (χ0) is 25.7. The van der Waals surface area contributed by atoms with Crippen molar-refractivity contribution in [3.63, 3.8) is 0 Å². The normalized spacial score (nSPS) is 13.2. The summed E-state index contributed by atoms with van der Waals surface area (Å²) < 4.78 is 17.8. The highest BCUT2D eigenvalue weighted by atomic mass is 16.6. The Labute approximate surface area is 220 Å². The molecular formula is C34H34O3. The Morgan fingerprint density at radius 1 is 0.486 bits per heavy atom. The number of benzene rings is 4. The van der Waals surface area contributed by atoms with Crippen LogP contribution in [0.5, 0.6) is 0 Å². The molecule has 188 valence electrons. The van der Waals surface area contributed by atoms with E-state index in [4.69, 9.17) is 14.2 Å². The fourth-order valence-corrected chi connectivity index (χ4v) is 4.17. The third-order valence-corrected chi connectivity index (χ3v) is 6.07. The second-order valence-electron chi connectivity index (χ2n) is 8.85. The van der Waals surface area contributed by atoms with Crippen molar-refractivity contribution in [1.82, 2.24) is 0 Å². The van der Waals surface area contributed by atoms with Crippen LogP contribution in [0.2, 0.25) is 0 Å². The standard InChI is InChI=1S/C34H34O3/c1-35-25-33(31-17-9-15-29(23-31)21-19-27-11-5-3-6-12-27)37-34(26-36-2)32-18-10-16-30(24-32)22-20-28-13-7-4-8-14-28/h3-24,33-34H,25-26H2,1-2H3/b21-19-,22-20-. The highest BCUT2D eigenvalue weighted by molar-refractivity contribution is 5.70. The van der Waals surface area contributed by atoms with Crippen LogP contribution in [-0.2, 0) is 14.2 Å². The number of hydrogen-bond donors (Lipinski definition) is 0. The van der Waals surface area contributed by atoms with Crippen molar-refractivity contribution >= 4 is 24.3 Å². The maximum absolute atomic E-state index is 6.64. The Morgan fingerprint density at radius 2 is 0.865 bits per heavy atom. The van der Waals surface area contributed by atoms with Crippen LogP contribution in [0.25, 0.3) is 24.3 Å². The fourth-order valence-electron chi connectivity index (χ4n) is 4.17. The molecular weight excluding hydrogens is 456 g/mol. The van der Waals surface area contributed by atoms with Crippen LogP contribution in [0, 0.1) is 0 Å². The second-order valence-corrected chi connectivity index (χ2v) is 8.85. The molecule has 2 atom stereocenters. The van der Waals surface area contributed by atoms with Crippen molar-refractivity contribution in [2.75, 3.05) is 27.4 Å². The molecule has 4 aromatic carbocycles. The van der Waals surface area contributed by atoms with E-state index in [-0.39, 0.29) is 12.2 Å². The summed E-state index contributed by atoms with van der Waals surface area (Å²) in [6.45, 7) is 0.888. The molecule has 2 unspecified atom stereocenters. The van der Waals surface area contributed by atoms with Crippen LogP contribution < -0.4 is 0 Å². The lowest BCUT2D eigenvalue weighted by molar-refractivity contribution is -0.0775. The van der Waals surface area contributed by atoms with E-state index in [0.29, 0.717) is 13.2 Å². The van der Waals surface area contributed by atoms with Gasteiger partial charge >= 0.3 is 0 Å². The average molecular weight is 491 g/mol. The molecule has 3 heteroatoms. The van der Waals surface area contributed by atoms with E-state index in [1.165, 1.54) is 11.1 Å². The molecule has 0 N–H and O–H groups in total. The Hall–Kier alpha value is -3.76. The third kappa shape index (κ3) is 8.12. The van der Waals surface area contributed by atoms with Gasteiger partial charge in [-0.2, -0.15) is 0 Å². The van der Waals surface area contributed by atoms with Gasteiger partial charge in [-0.25, -0.2) is 0 Å². The molecule has 0 heterocycles. The Balaban J connectivity index is 1.53. The Kier molecular flexibility index (Phi) is 10.0. The number of methoxy groups -OCH3 is 2. The van der Waals surface area contributed by atoms with Crippen LogP contribution in [0.3, 0.4) is 0 Å². The Morgan fingerprint density at radius 3 is 1.27 bits per heavy atom. The van der Waals surface area contributed by atoms with Crippen molar-refractivity contribution in [2.24, 2.45) is 0 Å². The summed E-state index contributed by atoms with van der Waals surface area (Å²) in [7, 11) is 3.41. The lowest BCUT2D eigenvalue weighted by Gasteiger charge is -2.25. The van der Waals surface area contributed by atoms with Gasteiger partial charge in [-0.05, 0) is 45.5 Å². The van der Waals surface area contributed by atoms with Gasteiger partial charge in [0.25, 0.3) is 0 Å². The third-order valence-electron chi connectivity index (χ3n) is 6.07. The molecule has 0 spiro atoms. The van der Waals surface area contributed by atoms with Crippen LogP contribution >= 0.6 is 0 Å². The minimum atomic E-state index is -0.237. The molecule has 0 aliphatic heterocycles. The molecule has 0 amide bonds. The van der Waals surface area contributed by atoms with Gasteiger partial charge in [0.15, 0.2) is 0 Å². The summed E-state index contributed by atoms with van der Waals surface area (Å²) in [5.41, 5.74) is 6.69. The molecule has 0 aromatic heterocycles. The van der Waals surface area contributed by atoms with E-state index >= 15 is 0 Å². The predicted octanol–water partition coefficient (Wildman–Crippen LogP) is 8.12. The van der Waals surface area contributed by atoms with Crippen molar-refractivity contribution in [2.45, 2.75) is 12.2 Å². The smallest absolute Gasteiger partial charge is 0.107 e. The van der Waals surface area contributed by atoms with Gasteiger partial charge in [0.05, 0.1) is 13.2 Å². The SMILES string of the molecule is COCC(OC(COC)c1cccc(/C=C\c2ccccc2)c1)c1cccc(/C=C\c2ccccc2)c1. The quantitative estimate of drug-likeness (QED) is 0.188. The van der Waals surface area contributed by atoms with Crippen molar-refractivity contribution < 1.29 is 14.2 Å². The van der Waals surface area contributed by atoms with E-state index in [1.807, 2.05) is 36.4 Å². The van der Waals surface area contributed by atoms with Crippen LogP contribution in [-0.4, -0.2) is 27.4 Å². The lowest BCUT2D eigenvalue weighted by atomic mass is 10.0. The van der Waals surface area contributed by atoms with E-state index in [2.05, 4.69) is 97.1 Å². The molecule has 0 bridgehead atoms. The largest absolute Gasteiger partial charge is 0.382 e. The summed E-state index contributed by atoms with van der Waals surface area (Å²) >= 11 is 0. The minimum absolute atomic E-state index is 0.237. The van der Waals surface area contributed by atoms with Gasteiger partial charge in [0.2, 0.25) is 0 Å². The minimum Gasteiger partial charge on any atom is -0.382 e. The zero-order valence-electron chi connectivity index (χ0n) is 21.5. The molecule has 0 saturated carbocycles. The number of ether oxygens (including phenoxy) is 3. The van der Waals surface area contributed by atoms with E-state index in [1.54, 1.807) is 14.2 Å². The summed E-state index contributed by atoms with van der Waals surface area (Å²) in [5.74, 6) is 0. The molecule has 0 saturated heterocycles. The van der Waals surface area contributed by atoms with Crippen molar-refractivity contribution in [3.8, 4) is 0 Å². The van der Waals surface area contributed by atoms with E-state index in [0.717, 1.165) is 22.3 Å². The molecule has 3 nitrogen and oxygen atoms in total. The fraction of sp³-hybridized carbons (Fsp3) is 0.176. The summed E-state index contributed by atoms with van der Waals surface area (Å²) in [5, 5.41) is 0. The van der Waals surface area contributed by atoms with Gasteiger partial charge < -0.3 is 14.2 Å².